The van der Waals surface area contributed by atoms with Crippen LogP contribution in [0.2, 0.25) is 0 Å². The molecule has 0 aliphatic rings. The number of aliphatic hydroxyl groups excluding tert-OH is 1. The summed E-state index contributed by atoms with van der Waals surface area (Å²) in [6.07, 6.45) is 2.85. The molecule has 0 aliphatic carbocycles. The van der Waals surface area contributed by atoms with E-state index in [1.807, 2.05) is 0 Å². The van der Waals surface area contributed by atoms with Crippen LogP contribution < -0.4 is 5.73 Å². The van der Waals surface area contributed by atoms with Crippen LogP contribution in [-0.4, -0.2) is 23.9 Å². The van der Waals surface area contributed by atoms with Gasteiger partial charge < -0.3 is 10.8 Å². The summed E-state index contributed by atoms with van der Waals surface area (Å²) in [5, 5.41) is 9.11. The molecule has 13 heavy (non-hydrogen) atoms. The molecular formula is C10H22FNO. The number of hydrogen-bond acceptors (Lipinski definition) is 2. The van der Waals surface area contributed by atoms with Gasteiger partial charge in [0.15, 0.2) is 0 Å². The van der Waals surface area contributed by atoms with Crippen molar-refractivity contribution >= 4 is 0 Å². The fourth-order valence-electron chi connectivity index (χ4n) is 1.50. The molecule has 0 spiro atoms. The maximum atomic E-state index is 11.9. The third kappa shape index (κ3) is 5.21. The van der Waals surface area contributed by atoms with Gasteiger partial charge in [0.25, 0.3) is 0 Å². The summed E-state index contributed by atoms with van der Waals surface area (Å²) < 4.78 is 11.9. The molecule has 0 radical (unpaired) electrons. The number of alkyl halides is 1. The predicted molar refractivity (Wildman–Crippen MR) is 53.3 cm³/mol. The van der Waals surface area contributed by atoms with Gasteiger partial charge in [0, 0.05) is 5.54 Å². The van der Waals surface area contributed by atoms with Crippen LogP contribution in [-0.2, 0) is 0 Å². The fraction of sp³-hybridized carbons (Fsp3) is 1.00. The molecule has 0 saturated heterocycles. The van der Waals surface area contributed by atoms with E-state index in [2.05, 4.69) is 13.8 Å². The molecule has 0 aromatic carbocycles. The Morgan fingerprint density at radius 3 is 2.54 bits per heavy atom. The van der Waals surface area contributed by atoms with Crippen LogP contribution >= 0.6 is 0 Å². The van der Waals surface area contributed by atoms with Crippen molar-refractivity contribution in [2.45, 2.75) is 45.1 Å². The molecule has 0 amide bonds. The Bertz CT molecular complexity index is 132. The number of rotatable bonds is 7. The smallest absolute Gasteiger partial charge is 0.0895 e. The summed E-state index contributed by atoms with van der Waals surface area (Å²) >= 11 is 0. The minimum absolute atomic E-state index is 0.0443. The minimum atomic E-state index is -0.568. The molecule has 3 heteroatoms. The van der Waals surface area contributed by atoms with Crippen LogP contribution in [0.5, 0.6) is 0 Å². The maximum Gasteiger partial charge on any atom is 0.0895 e. The fourth-order valence-corrected chi connectivity index (χ4v) is 1.50. The molecule has 2 nitrogen and oxygen atoms in total. The summed E-state index contributed by atoms with van der Waals surface area (Å²) in [6, 6.07) is 0. The lowest BCUT2D eigenvalue weighted by Crippen LogP contribution is -2.45. The highest BCUT2D eigenvalue weighted by atomic mass is 19.1. The molecular weight excluding hydrogens is 169 g/mol. The Balaban J connectivity index is 3.94. The van der Waals surface area contributed by atoms with Gasteiger partial charge in [0.2, 0.25) is 0 Å². The summed E-state index contributed by atoms with van der Waals surface area (Å²) in [6.45, 7) is 3.81. The highest BCUT2D eigenvalue weighted by molar-refractivity contribution is 4.84. The van der Waals surface area contributed by atoms with Gasteiger partial charge in [-0.25, -0.2) is 0 Å². The third-order valence-electron chi connectivity index (χ3n) is 2.58. The van der Waals surface area contributed by atoms with Gasteiger partial charge in [-0.3, -0.25) is 4.39 Å². The molecule has 0 unspecified atom stereocenters. The molecule has 0 rings (SSSR count). The number of halogens is 1. The lowest BCUT2D eigenvalue weighted by molar-refractivity contribution is 0.156. The average molecular weight is 191 g/mol. The Labute approximate surface area is 80.3 Å². The van der Waals surface area contributed by atoms with Crippen molar-refractivity contribution in [1.29, 1.82) is 0 Å². The summed E-state index contributed by atoms with van der Waals surface area (Å²) in [7, 11) is 0. The molecule has 0 bridgehead atoms. The number of nitrogens with two attached hydrogens (primary N) is 1. The van der Waals surface area contributed by atoms with E-state index in [4.69, 9.17) is 10.8 Å². The second-order valence-corrected chi connectivity index (χ2v) is 4.03. The quantitative estimate of drug-likeness (QED) is 0.645. The van der Waals surface area contributed by atoms with Crippen molar-refractivity contribution in [3.63, 3.8) is 0 Å². The van der Waals surface area contributed by atoms with Crippen molar-refractivity contribution in [3.05, 3.63) is 0 Å². The Morgan fingerprint density at radius 1 is 1.54 bits per heavy atom. The maximum absolute atomic E-state index is 11.9. The molecule has 80 valence electrons. The second kappa shape index (κ2) is 6.33. The number of hydrogen-bond donors (Lipinski definition) is 2. The summed E-state index contributed by atoms with van der Waals surface area (Å²) in [4.78, 5) is 0. The monoisotopic (exact) mass is 191 g/mol. The van der Waals surface area contributed by atoms with Crippen molar-refractivity contribution in [1.82, 2.24) is 0 Å². The van der Waals surface area contributed by atoms with E-state index in [1.165, 1.54) is 0 Å². The predicted octanol–water partition coefficient (Wildman–Crippen LogP) is 1.86. The Kier molecular flexibility index (Phi) is 6.25. The minimum Gasteiger partial charge on any atom is -0.394 e. The van der Waals surface area contributed by atoms with Gasteiger partial charge in [-0.1, -0.05) is 20.3 Å². The molecule has 3 N–H and O–H groups in total. The third-order valence-corrected chi connectivity index (χ3v) is 2.58. The lowest BCUT2D eigenvalue weighted by atomic mass is 9.85. The first-order chi connectivity index (χ1) is 6.08. The lowest BCUT2D eigenvalue weighted by Gasteiger charge is -2.29. The van der Waals surface area contributed by atoms with Crippen LogP contribution in [0.15, 0.2) is 0 Å². The standard InChI is InChI=1S/C10H22FNO/c1-3-9(2)7-10(12,8-13)5-4-6-11/h9,13H,3-8,12H2,1-2H3/t9-,10-/m1/s1. The van der Waals surface area contributed by atoms with Gasteiger partial charge in [-0.15, -0.1) is 0 Å². The average Bonchev–Trinajstić information content (AvgIpc) is 2.14. The van der Waals surface area contributed by atoms with Crippen LogP contribution in [0.1, 0.15) is 39.5 Å². The zero-order valence-electron chi connectivity index (χ0n) is 8.72. The van der Waals surface area contributed by atoms with E-state index >= 15 is 0 Å². The topological polar surface area (TPSA) is 46.2 Å². The Hall–Kier alpha value is -0.150. The van der Waals surface area contributed by atoms with Gasteiger partial charge in [0.05, 0.1) is 13.3 Å². The van der Waals surface area contributed by atoms with E-state index in [1.54, 1.807) is 0 Å². The van der Waals surface area contributed by atoms with Crippen molar-refractivity contribution in [2.75, 3.05) is 13.3 Å². The Morgan fingerprint density at radius 2 is 2.15 bits per heavy atom. The first kappa shape index (κ1) is 12.8. The highest BCUT2D eigenvalue weighted by Crippen LogP contribution is 2.21. The first-order valence-corrected chi connectivity index (χ1v) is 5.03. The van der Waals surface area contributed by atoms with Crippen LogP contribution in [0.25, 0.3) is 0 Å². The zero-order chi connectivity index (χ0) is 10.3. The van der Waals surface area contributed by atoms with Crippen LogP contribution in [0.4, 0.5) is 4.39 Å². The number of aliphatic hydroxyl groups is 1. The second-order valence-electron chi connectivity index (χ2n) is 4.03. The summed E-state index contributed by atoms with van der Waals surface area (Å²) in [5.41, 5.74) is 5.38. The van der Waals surface area contributed by atoms with Gasteiger partial charge >= 0.3 is 0 Å². The van der Waals surface area contributed by atoms with Gasteiger partial charge in [-0.2, -0.15) is 0 Å². The van der Waals surface area contributed by atoms with E-state index in [9.17, 15) is 4.39 Å². The largest absolute Gasteiger partial charge is 0.394 e. The summed E-state index contributed by atoms with van der Waals surface area (Å²) in [5.74, 6) is 0.497. The zero-order valence-corrected chi connectivity index (χ0v) is 8.72. The van der Waals surface area contributed by atoms with E-state index in [-0.39, 0.29) is 13.3 Å². The van der Waals surface area contributed by atoms with E-state index < -0.39 is 5.54 Å². The SMILES string of the molecule is CC[C@@H](C)C[C@@](N)(CO)CCCF. The van der Waals surface area contributed by atoms with Crippen molar-refractivity contribution < 1.29 is 9.50 Å². The normalized spacial score (nSPS) is 18.2. The molecule has 0 aromatic rings. The van der Waals surface area contributed by atoms with Crippen molar-refractivity contribution in [3.8, 4) is 0 Å². The molecule has 0 saturated carbocycles. The molecule has 0 fully saturated rings. The highest BCUT2D eigenvalue weighted by Gasteiger charge is 2.25. The van der Waals surface area contributed by atoms with Crippen LogP contribution in [0.3, 0.4) is 0 Å². The molecule has 0 aliphatic heterocycles. The molecule has 0 heterocycles. The van der Waals surface area contributed by atoms with Crippen molar-refractivity contribution in [2.24, 2.45) is 11.7 Å². The van der Waals surface area contributed by atoms with Crippen LogP contribution in [0, 0.1) is 5.92 Å². The van der Waals surface area contributed by atoms with Gasteiger partial charge in [0.1, 0.15) is 0 Å². The molecule has 2 atom stereocenters. The molecule has 0 aromatic heterocycles. The van der Waals surface area contributed by atoms with E-state index in [0.29, 0.717) is 18.8 Å². The first-order valence-electron chi connectivity index (χ1n) is 5.03. The van der Waals surface area contributed by atoms with E-state index in [0.717, 1.165) is 12.8 Å². The van der Waals surface area contributed by atoms with Gasteiger partial charge in [-0.05, 0) is 25.2 Å².